The number of anilines is 1. The van der Waals surface area contributed by atoms with Crippen LogP contribution in [0.2, 0.25) is 0 Å². The van der Waals surface area contributed by atoms with Crippen LogP contribution in [0.25, 0.3) is 0 Å². The Balaban J connectivity index is 0.00000341. The van der Waals surface area contributed by atoms with E-state index in [4.69, 9.17) is 4.99 Å². The molecule has 2 aromatic rings. The highest BCUT2D eigenvalue weighted by Gasteiger charge is 2.14. The minimum Gasteiger partial charge on any atom is -0.357 e. The number of hydrogen-bond donors (Lipinski definition) is 2. The van der Waals surface area contributed by atoms with Crippen LogP contribution in [0.3, 0.4) is 0 Å². The Morgan fingerprint density at radius 3 is 2.52 bits per heavy atom. The fourth-order valence-electron chi connectivity index (χ4n) is 3.58. The molecule has 0 saturated carbocycles. The van der Waals surface area contributed by atoms with Gasteiger partial charge in [0, 0.05) is 57.7 Å². The summed E-state index contributed by atoms with van der Waals surface area (Å²) >= 11 is 0. The van der Waals surface area contributed by atoms with Crippen LogP contribution in [-0.2, 0) is 13.1 Å². The highest BCUT2D eigenvalue weighted by molar-refractivity contribution is 14.0. The van der Waals surface area contributed by atoms with Gasteiger partial charge in [-0.25, -0.2) is 9.98 Å². The van der Waals surface area contributed by atoms with E-state index in [2.05, 4.69) is 74.3 Å². The zero-order chi connectivity index (χ0) is 21.3. The minimum absolute atomic E-state index is 0. The van der Waals surface area contributed by atoms with E-state index in [9.17, 15) is 0 Å². The first-order valence-corrected chi connectivity index (χ1v) is 11.0. The highest BCUT2D eigenvalue weighted by atomic mass is 127. The number of hydrogen-bond acceptors (Lipinski definition) is 5. The van der Waals surface area contributed by atoms with Crippen molar-refractivity contribution >= 4 is 35.8 Å². The predicted octanol–water partition coefficient (Wildman–Crippen LogP) is 2.41. The van der Waals surface area contributed by atoms with Gasteiger partial charge in [-0.15, -0.1) is 24.0 Å². The Bertz CT molecular complexity index is 809. The Morgan fingerprint density at radius 2 is 1.90 bits per heavy atom. The van der Waals surface area contributed by atoms with Gasteiger partial charge in [0.25, 0.3) is 0 Å². The predicted molar refractivity (Wildman–Crippen MR) is 138 cm³/mol. The molecule has 1 fully saturated rings. The molecule has 0 amide bonds. The van der Waals surface area contributed by atoms with E-state index in [0.29, 0.717) is 6.54 Å². The Kier molecular flexibility index (Phi) is 10.5. The fraction of sp³-hybridized carbons (Fsp3) is 0.591. The van der Waals surface area contributed by atoms with Gasteiger partial charge in [0.2, 0.25) is 0 Å². The normalized spacial score (nSPS) is 15.0. The molecule has 3 rings (SSSR count). The Morgan fingerprint density at radius 1 is 1.13 bits per heavy atom. The summed E-state index contributed by atoms with van der Waals surface area (Å²) in [5.41, 5.74) is 3.40. The number of aromatic nitrogens is 3. The summed E-state index contributed by atoms with van der Waals surface area (Å²) in [6, 6.07) is 6.36. The van der Waals surface area contributed by atoms with Crippen molar-refractivity contribution < 1.29 is 0 Å². The standard InChI is InChI=1S/C22H36N8.HI/c1-5-23-22(24-9-6-10-30-19(3)15-18(2)27-30)26-17-20-7-8-21(25-16-20)29-13-11-28(4)12-14-29;/h7-8,15-16H,5-6,9-14,17H2,1-4H3,(H2,23,24,26);1H. The molecular weight excluding hydrogens is 503 g/mol. The lowest BCUT2D eigenvalue weighted by Crippen LogP contribution is -2.44. The molecule has 2 N–H and O–H groups in total. The van der Waals surface area contributed by atoms with E-state index in [1.54, 1.807) is 0 Å². The summed E-state index contributed by atoms with van der Waals surface area (Å²) in [7, 11) is 2.17. The summed E-state index contributed by atoms with van der Waals surface area (Å²) in [5.74, 6) is 1.90. The van der Waals surface area contributed by atoms with Gasteiger partial charge in [0.15, 0.2) is 5.96 Å². The van der Waals surface area contributed by atoms with E-state index >= 15 is 0 Å². The quantitative estimate of drug-likeness (QED) is 0.232. The molecular formula is C22H37IN8. The minimum atomic E-state index is 0. The summed E-state index contributed by atoms with van der Waals surface area (Å²) in [6.07, 6.45) is 2.94. The van der Waals surface area contributed by atoms with Crippen LogP contribution < -0.4 is 15.5 Å². The summed E-state index contributed by atoms with van der Waals surface area (Å²) in [6.45, 7) is 13.7. The van der Waals surface area contributed by atoms with E-state index in [1.807, 2.05) is 13.1 Å². The molecule has 0 spiro atoms. The number of piperazine rings is 1. The molecule has 1 aliphatic rings. The van der Waals surface area contributed by atoms with Crippen LogP contribution in [0.15, 0.2) is 29.4 Å². The van der Waals surface area contributed by atoms with Crippen LogP contribution in [-0.4, -0.2) is 71.9 Å². The molecule has 1 aliphatic heterocycles. The average molecular weight is 540 g/mol. The third kappa shape index (κ3) is 7.95. The lowest BCUT2D eigenvalue weighted by molar-refractivity contribution is 0.312. The van der Waals surface area contributed by atoms with Crippen molar-refractivity contribution in [2.75, 3.05) is 51.2 Å². The van der Waals surface area contributed by atoms with E-state index in [1.165, 1.54) is 5.69 Å². The fourth-order valence-corrected chi connectivity index (χ4v) is 3.58. The molecule has 172 valence electrons. The van der Waals surface area contributed by atoms with Crippen LogP contribution >= 0.6 is 24.0 Å². The second-order valence-corrected chi connectivity index (χ2v) is 7.94. The van der Waals surface area contributed by atoms with Crippen LogP contribution in [0.5, 0.6) is 0 Å². The van der Waals surface area contributed by atoms with E-state index in [-0.39, 0.29) is 24.0 Å². The topological polar surface area (TPSA) is 73.6 Å². The number of nitrogens with zero attached hydrogens (tertiary/aromatic N) is 6. The van der Waals surface area contributed by atoms with Gasteiger partial charge in [-0.05, 0) is 51.9 Å². The third-order valence-electron chi connectivity index (χ3n) is 5.34. The van der Waals surface area contributed by atoms with Crippen molar-refractivity contribution in [2.45, 2.75) is 40.3 Å². The van der Waals surface area contributed by atoms with Gasteiger partial charge in [-0.3, -0.25) is 4.68 Å². The van der Waals surface area contributed by atoms with Gasteiger partial charge < -0.3 is 20.4 Å². The first-order chi connectivity index (χ1) is 14.5. The zero-order valence-corrected chi connectivity index (χ0v) is 21.6. The monoisotopic (exact) mass is 540 g/mol. The Hall–Kier alpha value is -1.88. The molecule has 0 unspecified atom stereocenters. The maximum Gasteiger partial charge on any atom is 0.191 e. The third-order valence-corrected chi connectivity index (χ3v) is 5.34. The molecule has 0 radical (unpaired) electrons. The van der Waals surface area contributed by atoms with Crippen molar-refractivity contribution in [3.8, 4) is 0 Å². The molecule has 0 atom stereocenters. The van der Waals surface area contributed by atoms with Crippen molar-refractivity contribution in [3.63, 3.8) is 0 Å². The van der Waals surface area contributed by atoms with Gasteiger partial charge in [0.05, 0.1) is 12.2 Å². The molecule has 1 saturated heterocycles. The van der Waals surface area contributed by atoms with E-state index < -0.39 is 0 Å². The molecule has 0 bridgehead atoms. The van der Waals surface area contributed by atoms with Crippen molar-refractivity contribution in [1.29, 1.82) is 0 Å². The highest BCUT2D eigenvalue weighted by Crippen LogP contribution is 2.14. The number of guanidine groups is 1. The van der Waals surface area contributed by atoms with Gasteiger partial charge >= 0.3 is 0 Å². The van der Waals surface area contributed by atoms with Gasteiger partial charge in [-0.2, -0.15) is 5.10 Å². The van der Waals surface area contributed by atoms with E-state index in [0.717, 1.165) is 75.3 Å². The molecule has 3 heterocycles. The smallest absolute Gasteiger partial charge is 0.191 e. The molecule has 0 aliphatic carbocycles. The number of pyridine rings is 1. The number of aryl methyl sites for hydroxylation is 3. The molecule has 9 heteroatoms. The van der Waals surface area contributed by atoms with Crippen molar-refractivity contribution in [1.82, 2.24) is 30.3 Å². The number of likely N-dealkylation sites (N-methyl/N-ethyl adjacent to an activating group) is 1. The number of nitrogens with one attached hydrogen (secondary N) is 2. The molecule has 8 nitrogen and oxygen atoms in total. The molecule has 2 aromatic heterocycles. The first kappa shape index (κ1) is 25.4. The first-order valence-electron chi connectivity index (χ1n) is 11.0. The van der Waals surface area contributed by atoms with Crippen molar-refractivity contribution in [3.05, 3.63) is 41.3 Å². The summed E-state index contributed by atoms with van der Waals surface area (Å²) in [5, 5.41) is 11.3. The van der Waals surface area contributed by atoms with Crippen molar-refractivity contribution in [2.24, 2.45) is 4.99 Å². The maximum absolute atomic E-state index is 4.71. The lowest BCUT2D eigenvalue weighted by Gasteiger charge is -2.33. The largest absolute Gasteiger partial charge is 0.357 e. The molecule has 31 heavy (non-hydrogen) atoms. The average Bonchev–Trinajstić information content (AvgIpc) is 3.07. The molecule has 0 aromatic carbocycles. The second-order valence-electron chi connectivity index (χ2n) is 7.94. The van der Waals surface area contributed by atoms with Crippen LogP contribution in [0.1, 0.15) is 30.3 Å². The number of halogens is 1. The van der Waals surface area contributed by atoms with Gasteiger partial charge in [0.1, 0.15) is 5.82 Å². The number of aliphatic imine (C=N–C) groups is 1. The second kappa shape index (κ2) is 12.8. The zero-order valence-electron chi connectivity index (χ0n) is 19.3. The lowest BCUT2D eigenvalue weighted by atomic mass is 10.2. The Labute approximate surface area is 203 Å². The van der Waals surface area contributed by atoms with Crippen LogP contribution in [0, 0.1) is 13.8 Å². The van der Waals surface area contributed by atoms with Gasteiger partial charge in [-0.1, -0.05) is 6.07 Å². The summed E-state index contributed by atoms with van der Waals surface area (Å²) in [4.78, 5) is 14.1. The summed E-state index contributed by atoms with van der Waals surface area (Å²) < 4.78 is 2.06. The number of rotatable bonds is 8. The SMILES string of the molecule is CCNC(=NCc1ccc(N2CCN(C)CC2)nc1)NCCCn1nc(C)cc1C.I. The van der Waals surface area contributed by atoms with Crippen LogP contribution in [0.4, 0.5) is 5.82 Å². The maximum atomic E-state index is 4.71.